The van der Waals surface area contributed by atoms with Crippen molar-refractivity contribution in [3.8, 4) is 0 Å². The van der Waals surface area contributed by atoms with Gasteiger partial charge in [0.25, 0.3) is 0 Å². The largest absolute Gasteiger partial charge is 0.374 e. The van der Waals surface area contributed by atoms with E-state index in [1.54, 1.807) is 0 Å². The minimum Gasteiger partial charge on any atom is -0.374 e. The van der Waals surface area contributed by atoms with Crippen molar-refractivity contribution in [2.75, 3.05) is 0 Å². The molecule has 0 saturated heterocycles. The Morgan fingerprint density at radius 3 is 1.12 bits per heavy atom. The summed E-state index contributed by atoms with van der Waals surface area (Å²) in [7, 11) is 0. The van der Waals surface area contributed by atoms with Crippen LogP contribution in [0.5, 0.6) is 0 Å². The average molecular weight is 537 g/mol. The van der Waals surface area contributed by atoms with Gasteiger partial charge in [-0.05, 0) is 0 Å². The van der Waals surface area contributed by atoms with Crippen LogP contribution in [0.4, 0.5) is 0 Å². The summed E-state index contributed by atoms with van der Waals surface area (Å²) in [4.78, 5) is 0. The smallest absolute Gasteiger partial charge is 0 e. The zero-order valence-electron chi connectivity index (χ0n) is 17.0. The molecule has 1 radical (unpaired) electrons. The van der Waals surface area contributed by atoms with Crippen molar-refractivity contribution in [3.63, 3.8) is 0 Å². The first kappa shape index (κ1) is 38.9. The fraction of sp³-hybridized carbons (Fsp3) is 0.409. The van der Waals surface area contributed by atoms with Crippen molar-refractivity contribution in [1.82, 2.24) is 0 Å². The predicted molar refractivity (Wildman–Crippen MR) is 106 cm³/mol. The molecule has 24 heavy (non-hydrogen) atoms. The number of benzene rings is 2. The summed E-state index contributed by atoms with van der Waals surface area (Å²) in [6.07, 6.45) is 1.25. The SMILES string of the molecule is CC.CC.CC.CCC.[CH2-]c1[c-]cccc1.[V].[W].c1ccccc1. The predicted octanol–water partition coefficient (Wildman–Crippen LogP) is 7.85. The van der Waals surface area contributed by atoms with Crippen molar-refractivity contribution < 1.29 is 39.6 Å². The molecule has 0 heterocycles. The van der Waals surface area contributed by atoms with E-state index < -0.39 is 0 Å². The maximum absolute atomic E-state index is 3.66. The number of hydrogen-bond donors (Lipinski definition) is 0. The van der Waals surface area contributed by atoms with Gasteiger partial charge in [-0.25, -0.2) is 0 Å². The first-order chi connectivity index (χ1) is 10.8. The molecule has 139 valence electrons. The molecule has 0 N–H and O–H groups in total. The molecule has 0 fully saturated rings. The third kappa shape index (κ3) is 49.6. The van der Waals surface area contributed by atoms with E-state index in [1.807, 2.05) is 102 Å². The summed E-state index contributed by atoms with van der Waals surface area (Å²) in [5.74, 6) is 0. The molecule has 2 aromatic carbocycles. The molecule has 2 rings (SSSR count). The topological polar surface area (TPSA) is 0 Å². The summed E-state index contributed by atoms with van der Waals surface area (Å²) in [6.45, 7) is 19.9. The van der Waals surface area contributed by atoms with Crippen LogP contribution in [0.15, 0.2) is 60.7 Å². The van der Waals surface area contributed by atoms with Crippen LogP contribution < -0.4 is 0 Å². The van der Waals surface area contributed by atoms with Crippen molar-refractivity contribution >= 4 is 0 Å². The second-order valence-electron chi connectivity index (χ2n) is 3.25. The van der Waals surface area contributed by atoms with Gasteiger partial charge in [-0.3, -0.25) is 6.07 Å². The zero-order valence-corrected chi connectivity index (χ0v) is 21.4. The van der Waals surface area contributed by atoms with Gasteiger partial charge < -0.3 is 18.6 Å². The number of rotatable bonds is 0. The van der Waals surface area contributed by atoms with Gasteiger partial charge in [0, 0.05) is 39.6 Å². The van der Waals surface area contributed by atoms with Crippen LogP contribution in [0.1, 0.15) is 67.4 Å². The summed E-state index contributed by atoms with van der Waals surface area (Å²) >= 11 is 0. The van der Waals surface area contributed by atoms with E-state index in [1.165, 1.54) is 6.42 Å². The normalized spacial score (nSPS) is 6.00. The minimum absolute atomic E-state index is 0. The Bertz CT molecular complexity index is 296. The monoisotopic (exact) mass is 537 g/mol. The Balaban J connectivity index is -0.0000000440. The quantitative estimate of drug-likeness (QED) is 0.301. The second-order valence-corrected chi connectivity index (χ2v) is 3.25. The van der Waals surface area contributed by atoms with E-state index in [0.717, 1.165) is 5.56 Å². The molecule has 0 aliphatic carbocycles. The fourth-order valence-electron chi connectivity index (χ4n) is 0.815. The standard InChI is InChI=1S/C7H6.C6H6.C3H8.3C2H6.V.W/c1-7-5-3-2-4-6-7;1-2-4-6-5-3-1;1-3-2;3*1-2;;/h2-5H,1H2;1-6H;3H2,1-2H3;3*1-2H3;;/q-2;;;;;;;. The van der Waals surface area contributed by atoms with Crippen LogP contribution in [0.2, 0.25) is 0 Å². The van der Waals surface area contributed by atoms with E-state index >= 15 is 0 Å². The van der Waals surface area contributed by atoms with Gasteiger partial charge >= 0.3 is 0 Å². The molecule has 0 aromatic heterocycles. The van der Waals surface area contributed by atoms with E-state index in [2.05, 4.69) is 26.8 Å². The van der Waals surface area contributed by atoms with Gasteiger partial charge in [-0.2, -0.15) is 12.1 Å². The molecule has 2 heteroatoms. The van der Waals surface area contributed by atoms with Crippen LogP contribution >= 0.6 is 0 Å². The Hall–Kier alpha value is -0.417. The summed E-state index contributed by atoms with van der Waals surface area (Å²) in [5, 5.41) is 0. The van der Waals surface area contributed by atoms with Gasteiger partial charge in [0.05, 0.1) is 0 Å². The first-order valence-electron chi connectivity index (χ1n) is 8.60. The molecular formula is C22H38VW-2. The molecule has 0 amide bonds. The maximum Gasteiger partial charge on any atom is 0 e. The van der Waals surface area contributed by atoms with Crippen LogP contribution in [0, 0.1) is 13.0 Å². The third-order valence-electron chi connectivity index (χ3n) is 1.44. The summed E-state index contributed by atoms with van der Waals surface area (Å²) in [6, 6.07) is 22.6. The minimum atomic E-state index is 0. The number of hydrogen-bond acceptors (Lipinski definition) is 0. The van der Waals surface area contributed by atoms with E-state index in [4.69, 9.17) is 0 Å². The average Bonchev–Trinajstić information content (AvgIpc) is 2.64. The Morgan fingerprint density at radius 2 is 1.00 bits per heavy atom. The summed E-state index contributed by atoms with van der Waals surface area (Å²) < 4.78 is 0. The van der Waals surface area contributed by atoms with Gasteiger partial charge in [0.2, 0.25) is 0 Å². The van der Waals surface area contributed by atoms with Gasteiger partial charge in [0.1, 0.15) is 0 Å². The van der Waals surface area contributed by atoms with Crippen LogP contribution in [0.3, 0.4) is 0 Å². The second kappa shape index (κ2) is 49.5. The van der Waals surface area contributed by atoms with Gasteiger partial charge in [-0.1, -0.05) is 98.2 Å². The van der Waals surface area contributed by atoms with E-state index in [9.17, 15) is 0 Å². The van der Waals surface area contributed by atoms with Crippen molar-refractivity contribution in [3.05, 3.63) is 79.2 Å². The molecule has 0 saturated carbocycles. The van der Waals surface area contributed by atoms with Gasteiger partial charge in [-0.15, -0.1) is 6.07 Å². The van der Waals surface area contributed by atoms with Crippen LogP contribution in [-0.4, -0.2) is 0 Å². The fourth-order valence-corrected chi connectivity index (χ4v) is 0.815. The molecular weight excluding hydrogens is 499 g/mol. The van der Waals surface area contributed by atoms with Gasteiger partial charge in [0.15, 0.2) is 0 Å². The molecule has 0 aliphatic rings. The third-order valence-corrected chi connectivity index (χ3v) is 1.44. The van der Waals surface area contributed by atoms with Crippen molar-refractivity contribution in [1.29, 1.82) is 0 Å². The Labute approximate surface area is 180 Å². The Kier molecular flexibility index (Phi) is 80.2. The molecule has 0 atom stereocenters. The van der Waals surface area contributed by atoms with Crippen molar-refractivity contribution in [2.24, 2.45) is 0 Å². The van der Waals surface area contributed by atoms with E-state index in [0.29, 0.717) is 0 Å². The van der Waals surface area contributed by atoms with Crippen LogP contribution in [-0.2, 0) is 39.6 Å². The molecule has 0 spiro atoms. The molecule has 0 unspecified atom stereocenters. The molecule has 0 aliphatic heterocycles. The Morgan fingerprint density at radius 1 is 0.708 bits per heavy atom. The molecule has 0 nitrogen and oxygen atoms in total. The zero-order chi connectivity index (χ0) is 18.1. The summed E-state index contributed by atoms with van der Waals surface area (Å²) in [5.41, 5.74) is 0.947. The van der Waals surface area contributed by atoms with Crippen molar-refractivity contribution in [2.45, 2.75) is 61.8 Å². The van der Waals surface area contributed by atoms with Crippen LogP contribution in [0.25, 0.3) is 0 Å². The van der Waals surface area contributed by atoms with E-state index in [-0.39, 0.29) is 39.6 Å². The first-order valence-corrected chi connectivity index (χ1v) is 8.60. The maximum atomic E-state index is 3.66. The molecule has 0 bridgehead atoms. The molecule has 2 aromatic rings.